The number of ether oxygens (including phenoxy) is 3. The Kier molecular flexibility index (Phi) is 9.90. The second-order valence-corrected chi connectivity index (χ2v) is 17.4. The number of benzene rings is 3. The molecule has 0 amide bonds. The molecule has 0 spiro atoms. The molecule has 4 rings (SSSR count). The Labute approximate surface area is 269 Å². The van der Waals surface area contributed by atoms with Crippen LogP contribution in [0.25, 0.3) is 0 Å². The number of hydrogen-bond acceptors (Lipinski definition) is 5. The average molecular weight is 664 g/mol. The van der Waals surface area contributed by atoms with E-state index in [4.69, 9.17) is 18.8 Å². The molecule has 45 heavy (non-hydrogen) atoms. The van der Waals surface area contributed by atoms with Crippen LogP contribution in [-0.2, 0) is 41.7 Å². The van der Waals surface area contributed by atoms with Gasteiger partial charge in [-0.1, -0.05) is 72.7 Å². The first-order valence-corrected chi connectivity index (χ1v) is 17.7. The molecule has 0 radical (unpaired) electrons. The van der Waals surface area contributed by atoms with Crippen LogP contribution in [0.15, 0.2) is 87.5 Å². The van der Waals surface area contributed by atoms with E-state index in [2.05, 4.69) is 84.9 Å². The summed E-state index contributed by atoms with van der Waals surface area (Å²) in [7, 11) is -6.26. The summed E-state index contributed by atoms with van der Waals surface area (Å²) in [5, 5.41) is -4.46. The van der Waals surface area contributed by atoms with Crippen LogP contribution in [0.5, 0.6) is 5.75 Å². The molecule has 0 aliphatic carbocycles. The third-order valence-corrected chi connectivity index (χ3v) is 11.4. The Morgan fingerprint density at radius 3 is 1.98 bits per heavy atom. The summed E-state index contributed by atoms with van der Waals surface area (Å²) in [6.45, 7) is 18.5. The van der Waals surface area contributed by atoms with Crippen molar-refractivity contribution in [3.63, 3.8) is 0 Å². The largest absolute Gasteiger partial charge is 0.483 e. The number of halogens is 2. The maximum absolute atomic E-state index is 14.1. The Morgan fingerprint density at radius 1 is 0.911 bits per heavy atom. The zero-order valence-corrected chi connectivity index (χ0v) is 29.1. The predicted octanol–water partition coefficient (Wildman–Crippen LogP) is 8.60. The van der Waals surface area contributed by atoms with Gasteiger partial charge in [-0.3, -0.25) is 4.55 Å². The molecule has 246 valence electrons. The third-order valence-electron chi connectivity index (χ3n) is 8.19. The van der Waals surface area contributed by atoms with Crippen LogP contribution in [0.4, 0.5) is 8.78 Å². The van der Waals surface area contributed by atoms with Crippen molar-refractivity contribution in [2.45, 2.75) is 106 Å². The van der Waals surface area contributed by atoms with Crippen LogP contribution in [0.2, 0.25) is 0 Å². The lowest BCUT2D eigenvalue weighted by molar-refractivity contribution is -0.337. The summed E-state index contributed by atoms with van der Waals surface area (Å²) >= 11 is 0. The molecule has 4 unspecified atom stereocenters. The molecule has 0 aromatic heterocycles. The Bertz CT molecular complexity index is 1580. The quantitative estimate of drug-likeness (QED) is 0.182. The number of rotatable bonds is 9. The molecule has 1 saturated heterocycles. The van der Waals surface area contributed by atoms with Crippen molar-refractivity contribution >= 4 is 21.0 Å². The Morgan fingerprint density at radius 2 is 1.47 bits per heavy atom. The van der Waals surface area contributed by atoms with Gasteiger partial charge in [-0.15, -0.1) is 0 Å². The molecule has 1 aliphatic rings. The molecule has 6 nitrogen and oxygen atoms in total. The van der Waals surface area contributed by atoms with E-state index < -0.39 is 38.2 Å². The molecule has 1 N–H and O–H groups in total. The van der Waals surface area contributed by atoms with Gasteiger partial charge in [0.2, 0.25) is 0 Å². The minimum Gasteiger partial charge on any atom is -0.483 e. The van der Waals surface area contributed by atoms with E-state index in [0.717, 1.165) is 27.2 Å². The van der Waals surface area contributed by atoms with Crippen molar-refractivity contribution in [3.05, 3.63) is 83.9 Å². The number of alkyl halides is 2. The van der Waals surface area contributed by atoms with Crippen molar-refractivity contribution in [2.75, 3.05) is 6.61 Å². The molecule has 3 aromatic rings. The van der Waals surface area contributed by atoms with E-state index in [-0.39, 0.29) is 22.7 Å². The lowest BCUT2D eigenvalue weighted by Crippen LogP contribution is -2.52. The molecule has 1 heterocycles. The van der Waals surface area contributed by atoms with E-state index in [0.29, 0.717) is 12.5 Å². The fraction of sp³-hybridized carbons (Fsp3) is 0.486. The maximum Gasteiger partial charge on any atom is 0.405 e. The highest BCUT2D eigenvalue weighted by molar-refractivity contribution is 7.97. The lowest BCUT2D eigenvalue weighted by Gasteiger charge is -2.49. The second kappa shape index (κ2) is 12.6. The van der Waals surface area contributed by atoms with Gasteiger partial charge in [0.15, 0.2) is 26.6 Å². The minimum atomic E-state index is -5.64. The first-order valence-electron chi connectivity index (χ1n) is 15.0. The highest BCUT2D eigenvalue weighted by Gasteiger charge is 2.51. The summed E-state index contributed by atoms with van der Waals surface area (Å²) in [6, 6.07) is 23.3. The first kappa shape index (κ1) is 35.4. The summed E-state index contributed by atoms with van der Waals surface area (Å²) < 4.78 is 77.9. The van der Waals surface area contributed by atoms with Crippen molar-refractivity contribution in [1.29, 1.82) is 0 Å². The normalized spacial score (nSPS) is 22.2. The van der Waals surface area contributed by atoms with Crippen LogP contribution >= 0.6 is 0 Å². The minimum absolute atomic E-state index is 0.00812. The lowest BCUT2D eigenvalue weighted by atomic mass is 9.80. The zero-order valence-electron chi connectivity index (χ0n) is 27.4. The molecular weight excluding hydrogens is 619 g/mol. The number of hydrogen-bond donors (Lipinski definition) is 1. The Balaban J connectivity index is 1.74. The second-order valence-electron chi connectivity index (χ2n) is 13.9. The molecule has 4 atom stereocenters. The summed E-state index contributed by atoms with van der Waals surface area (Å²) in [6.07, 6.45) is -2.11. The van der Waals surface area contributed by atoms with Gasteiger partial charge < -0.3 is 14.2 Å². The van der Waals surface area contributed by atoms with Gasteiger partial charge >= 0.3 is 15.4 Å². The van der Waals surface area contributed by atoms with E-state index >= 15 is 0 Å². The van der Waals surface area contributed by atoms with Gasteiger partial charge in [-0.05, 0) is 73.2 Å². The monoisotopic (exact) mass is 663 g/mol. The van der Waals surface area contributed by atoms with E-state index in [9.17, 15) is 17.2 Å². The van der Waals surface area contributed by atoms with Crippen molar-refractivity contribution in [2.24, 2.45) is 11.3 Å². The maximum atomic E-state index is 14.1. The SMILES string of the molecule is CC(C)C1OC(C)(c2cccc([S+](c3ccc(OC(C)C(F)(F)S(=O)(=O)O)cc3)c3ccc(C(C)(C)C)cc3)c2)OCC1(C)C. The molecule has 10 heteroatoms. The molecule has 0 bridgehead atoms. The van der Waals surface area contributed by atoms with Crippen LogP contribution in [0.3, 0.4) is 0 Å². The topological polar surface area (TPSA) is 82.1 Å². The van der Waals surface area contributed by atoms with Crippen LogP contribution < -0.4 is 4.74 Å². The van der Waals surface area contributed by atoms with Crippen LogP contribution in [0.1, 0.15) is 73.4 Å². The Hall–Kier alpha value is -2.50. The van der Waals surface area contributed by atoms with Gasteiger partial charge in [0.1, 0.15) is 5.75 Å². The van der Waals surface area contributed by atoms with Crippen LogP contribution in [0, 0.1) is 11.3 Å². The fourth-order valence-corrected chi connectivity index (χ4v) is 8.13. The van der Waals surface area contributed by atoms with Gasteiger partial charge in [-0.2, -0.15) is 17.2 Å². The fourth-order valence-electron chi connectivity index (χ4n) is 5.57. The highest BCUT2D eigenvalue weighted by atomic mass is 32.2. The smallest absolute Gasteiger partial charge is 0.405 e. The third kappa shape index (κ3) is 7.57. The summed E-state index contributed by atoms with van der Waals surface area (Å²) in [4.78, 5) is 2.96. The summed E-state index contributed by atoms with van der Waals surface area (Å²) in [5.74, 6) is -0.602. The van der Waals surface area contributed by atoms with E-state index in [1.54, 1.807) is 12.1 Å². The molecule has 0 saturated carbocycles. The highest BCUT2D eigenvalue weighted by Crippen LogP contribution is 2.44. The van der Waals surface area contributed by atoms with Crippen LogP contribution in [-0.4, -0.2) is 37.0 Å². The van der Waals surface area contributed by atoms with E-state index in [1.165, 1.54) is 17.7 Å². The van der Waals surface area contributed by atoms with Crippen molar-refractivity contribution in [3.8, 4) is 5.75 Å². The van der Waals surface area contributed by atoms with Crippen molar-refractivity contribution in [1.82, 2.24) is 0 Å². The van der Waals surface area contributed by atoms with Gasteiger partial charge in [0, 0.05) is 17.0 Å². The molecule has 3 aromatic carbocycles. The van der Waals surface area contributed by atoms with Crippen molar-refractivity contribution < 1.29 is 36.0 Å². The standard InChI is InChI=1S/C35H44F2O6S2/c1-23(2)31-33(7,8)22-41-34(9,43-31)26-11-10-12-30(21-26)44(28-17-13-25(14-18-28)32(4,5)6)29-19-15-27(16-20-29)42-24(3)35(36,37)45(38,39)40/h10-21,23-24,31H,22H2,1-9H3/p+1. The molecular formula is C35H45F2O6S2+. The predicted molar refractivity (Wildman–Crippen MR) is 174 cm³/mol. The van der Waals surface area contributed by atoms with E-state index in [1.807, 2.05) is 19.1 Å². The van der Waals surface area contributed by atoms with Gasteiger partial charge in [0.25, 0.3) is 0 Å². The zero-order chi connectivity index (χ0) is 33.6. The molecule has 1 aliphatic heterocycles. The molecule has 1 fully saturated rings. The first-order chi connectivity index (χ1) is 20.7. The average Bonchev–Trinajstić information content (AvgIpc) is 2.95. The summed E-state index contributed by atoms with van der Waals surface area (Å²) in [5.41, 5.74) is 1.92. The van der Waals surface area contributed by atoms with Gasteiger partial charge in [-0.25, -0.2) is 0 Å². The van der Waals surface area contributed by atoms with Gasteiger partial charge in [0.05, 0.1) is 23.6 Å².